The van der Waals surface area contributed by atoms with E-state index in [-0.39, 0.29) is 28.8 Å². The summed E-state index contributed by atoms with van der Waals surface area (Å²) in [6.45, 7) is 6.60. The van der Waals surface area contributed by atoms with E-state index < -0.39 is 30.0 Å². The Labute approximate surface area is 194 Å². The lowest BCUT2D eigenvalue weighted by Gasteiger charge is -2.34. The summed E-state index contributed by atoms with van der Waals surface area (Å²) in [4.78, 5) is 12.8. The highest BCUT2D eigenvalue weighted by molar-refractivity contribution is 5.97. The van der Waals surface area contributed by atoms with Crippen molar-refractivity contribution < 1.29 is 22.4 Å². The molecule has 2 heterocycles. The van der Waals surface area contributed by atoms with Gasteiger partial charge in [-0.3, -0.25) is 4.79 Å². The number of halogens is 4. The van der Waals surface area contributed by atoms with Crippen LogP contribution < -0.4 is 10.7 Å². The molecule has 2 fully saturated rings. The average Bonchev–Trinajstić information content (AvgIpc) is 3.35. The van der Waals surface area contributed by atoms with E-state index in [2.05, 4.69) is 41.7 Å². The Hall–Kier alpha value is -2.91. The van der Waals surface area contributed by atoms with Crippen molar-refractivity contribution in [1.82, 2.24) is 15.2 Å². The molecule has 182 valence electrons. The summed E-state index contributed by atoms with van der Waals surface area (Å²) in [5.74, 6) is -0.535. The number of hydrazone groups is 1. The van der Waals surface area contributed by atoms with Crippen molar-refractivity contribution in [1.29, 1.82) is 0 Å². The third-order valence-electron chi connectivity index (χ3n) is 8.50. The van der Waals surface area contributed by atoms with Gasteiger partial charge >= 0.3 is 6.18 Å². The molecule has 3 aliphatic rings. The Morgan fingerprint density at radius 1 is 1.24 bits per heavy atom. The summed E-state index contributed by atoms with van der Waals surface area (Å²) < 4.78 is 55.7. The molecule has 1 aliphatic heterocycles. The molecule has 5 rings (SSSR count). The third kappa shape index (κ3) is 3.49. The van der Waals surface area contributed by atoms with Crippen molar-refractivity contribution in [2.24, 2.45) is 21.8 Å². The Bertz CT molecular complexity index is 1150. The average molecular weight is 478 g/mol. The second kappa shape index (κ2) is 7.55. The van der Waals surface area contributed by atoms with Gasteiger partial charge < -0.3 is 5.32 Å². The van der Waals surface area contributed by atoms with Gasteiger partial charge in [-0.1, -0.05) is 32.9 Å². The minimum atomic E-state index is -4.57. The number of aromatic nitrogens is 2. The maximum Gasteiger partial charge on any atom is 0.410 e. The van der Waals surface area contributed by atoms with Gasteiger partial charge in [0.25, 0.3) is 5.91 Å². The van der Waals surface area contributed by atoms with Crippen LogP contribution in [0.5, 0.6) is 0 Å². The first kappa shape index (κ1) is 22.9. The summed E-state index contributed by atoms with van der Waals surface area (Å²) in [6.07, 6.45) is -1.97. The number of carbonyl (C=O) groups is 1. The molecule has 0 saturated heterocycles. The number of hydrogen-bond donors (Lipinski definition) is 2. The lowest BCUT2D eigenvalue weighted by atomic mass is 9.70. The lowest BCUT2D eigenvalue weighted by molar-refractivity contribution is -0.173. The van der Waals surface area contributed by atoms with Crippen LogP contribution in [0.1, 0.15) is 74.6 Å². The van der Waals surface area contributed by atoms with Crippen LogP contribution >= 0.6 is 0 Å². The predicted molar refractivity (Wildman–Crippen MR) is 119 cm³/mol. The van der Waals surface area contributed by atoms with Crippen molar-refractivity contribution in [2.45, 2.75) is 64.7 Å². The first-order valence-electron chi connectivity index (χ1n) is 11.5. The smallest absolute Gasteiger partial charge is 0.363 e. The standard InChI is InChI=1S/C24H27F4N5O/c1-22(2)14-8-9-23(22,3)18(10-14)30-31-21(34)17-12-20-29-16(13-4-6-15(25)7-5-13)11-19(24(26,27)28)33(20)32-17/h4-7,12,14,16,19,29H,8-11H2,1-3H3,(H,31,34)/b30-18+/t14-,16+,19+,23+/m0/s1. The van der Waals surface area contributed by atoms with Gasteiger partial charge in [-0.2, -0.15) is 23.4 Å². The first-order chi connectivity index (χ1) is 15.9. The second-order valence-corrected chi connectivity index (χ2v) is 10.4. The van der Waals surface area contributed by atoms with Crippen LogP contribution in [-0.2, 0) is 0 Å². The number of amides is 1. The molecule has 2 aromatic rings. The van der Waals surface area contributed by atoms with Crippen LogP contribution in [0.2, 0.25) is 0 Å². The van der Waals surface area contributed by atoms with Gasteiger partial charge in [0.05, 0.1) is 6.04 Å². The fourth-order valence-electron chi connectivity index (χ4n) is 5.87. The van der Waals surface area contributed by atoms with Crippen LogP contribution in [0, 0.1) is 22.6 Å². The van der Waals surface area contributed by atoms with Gasteiger partial charge in [0.1, 0.15) is 11.6 Å². The molecular formula is C24H27F4N5O. The quantitative estimate of drug-likeness (QED) is 0.446. The number of carbonyl (C=O) groups excluding carboxylic acids is 1. The van der Waals surface area contributed by atoms with E-state index in [0.29, 0.717) is 11.5 Å². The molecule has 1 aromatic carbocycles. The molecule has 34 heavy (non-hydrogen) atoms. The Balaban J connectivity index is 1.39. The molecule has 6 nitrogen and oxygen atoms in total. The van der Waals surface area contributed by atoms with E-state index in [1.807, 2.05) is 0 Å². The Kier molecular flexibility index (Phi) is 5.07. The van der Waals surface area contributed by atoms with E-state index in [1.165, 1.54) is 30.3 Å². The van der Waals surface area contributed by atoms with Crippen molar-refractivity contribution in [3.63, 3.8) is 0 Å². The summed E-state index contributed by atoms with van der Waals surface area (Å²) in [5.41, 5.74) is 3.80. The van der Waals surface area contributed by atoms with Crippen molar-refractivity contribution in [3.05, 3.63) is 47.4 Å². The highest BCUT2D eigenvalue weighted by atomic mass is 19.4. The van der Waals surface area contributed by atoms with Crippen molar-refractivity contribution in [2.75, 3.05) is 5.32 Å². The number of rotatable bonds is 3. The number of hydrogen-bond acceptors (Lipinski definition) is 4. The van der Waals surface area contributed by atoms with Gasteiger partial charge in [0.15, 0.2) is 11.7 Å². The monoisotopic (exact) mass is 477 g/mol. The molecule has 10 heteroatoms. The molecule has 1 aromatic heterocycles. The molecule has 2 N–H and O–H groups in total. The van der Waals surface area contributed by atoms with Gasteiger partial charge in [-0.15, -0.1) is 0 Å². The summed E-state index contributed by atoms with van der Waals surface area (Å²) in [5, 5.41) is 11.4. The minimum Gasteiger partial charge on any atom is -0.363 e. The fraction of sp³-hybridized carbons (Fsp3) is 0.542. The number of anilines is 1. The SMILES string of the molecule is CC1(C)[C@H]2CC[C@]1(C)/C(=N/NC(=O)c1cc3n(n1)[C@@H](C(F)(F)F)C[C@H](c1ccc(F)cc1)N3)C2. The number of benzene rings is 1. The molecule has 2 saturated carbocycles. The van der Waals surface area contributed by atoms with Gasteiger partial charge in [-0.25, -0.2) is 14.5 Å². The van der Waals surface area contributed by atoms with Crippen molar-refractivity contribution >= 4 is 17.4 Å². The minimum absolute atomic E-state index is 0.0775. The van der Waals surface area contributed by atoms with E-state index in [1.54, 1.807) is 0 Å². The summed E-state index contributed by atoms with van der Waals surface area (Å²) in [6, 6.07) is 4.00. The van der Waals surface area contributed by atoms with Crippen LogP contribution in [0.4, 0.5) is 23.4 Å². The number of fused-ring (bicyclic) bond motifs is 3. The highest BCUT2D eigenvalue weighted by Gasteiger charge is 2.60. The topological polar surface area (TPSA) is 71.3 Å². The predicted octanol–water partition coefficient (Wildman–Crippen LogP) is 5.61. The molecule has 2 aliphatic carbocycles. The van der Waals surface area contributed by atoms with E-state index in [9.17, 15) is 22.4 Å². The maximum atomic E-state index is 13.9. The number of alkyl halides is 3. The Morgan fingerprint density at radius 3 is 2.53 bits per heavy atom. The second-order valence-electron chi connectivity index (χ2n) is 10.4. The molecule has 4 atom stereocenters. The zero-order valence-electron chi connectivity index (χ0n) is 19.2. The van der Waals surface area contributed by atoms with Crippen LogP contribution in [0.25, 0.3) is 0 Å². The largest absolute Gasteiger partial charge is 0.410 e. The lowest BCUT2D eigenvalue weighted by Crippen LogP contribution is -2.36. The molecule has 0 unspecified atom stereocenters. The molecule has 2 bridgehead atoms. The van der Waals surface area contributed by atoms with E-state index in [0.717, 1.165) is 29.7 Å². The van der Waals surface area contributed by atoms with Gasteiger partial charge in [-0.05, 0) is 48.3 Å². The fourth-order valence-corrected chi connectivity index (χ4v) is 5.87. The van der Waals surface area contributed by atoms with E-state index in [4.69, 9.17) is 0 Å². The molecular weight excluding hydrogens is 450 g/mol. The highest BCUT2D eigenvalue weighted by Crippen LogP contribution is 2.63. The Morgan fingerprint density at radius 2 is 1.94 bits per heavy atom. The first-order valence-corrected chi connectivity index (χ1v) is 11.5. The molecule has 0 spiro atoms. The van der Waals surface area contributed by atoms with E-state index >= 15 is 0 Å². The van der Waals surface area contributed by atoms with Crippen LogP contribution in [-0.4, -0.2) is 27.6 Å². The van der Waals surface area contributed by atoms with Gasteiger partial charge in [0.2, 0.25) is 0 Å². The summed E-state index contributed by atoms with van der Waals surface area (Å²) >= 11 is 0. The van der Waals surface area contributed by atoms with Crippen LogP contribution in [0.15, 0.2) is 35.4 Å². The van der Waals surface area contributed by atoms with Gasteiger partial charge in [0, 0.05) is 23.6 Å². The maximum absolute atomic E-state index is 13.9. The molecule has 1 amide bonds. The zero-order chi connectivity index (χ0) is 24.5. The normalized spacial score (nSPS) is 30.8. The van der Waals surface area contributed by atoms with Crippen molar-refractivity contribution in [3.8, 4) is 0 Å². The summed E-state index contributed by atoms with van der Waals surface area (Å²) in [7, 11) is 0. The zero-order valence-corrected chi connectivity index (χ0v) is 19.2. The number of nitrogens with zero attached hydrogens (tertiary/aromatic N) is 3. The van der Waals surface area contributed by atoms with Crippen LogP contribution in [0.3, 0.4) is 0 Å². The number of nitrogens with one attached hydrogen (secondary N) is 2. The third-order valence-corrected chi connectivity index (χ3v) is 8.50. The molecule has 0 radical (unpaired) electrons.